The van der Waals surface area contributed by atoms with Crippen molar-refractivity contribution in [1.82, 2.24) is 5.32 Å². The SMILES string of the molecule is COc1ccccc1OCCNC(=O)c1ccc(CN(c2cc(C(F)(F)F)ccc2Cl)S(C)(=O)=O)cc1. The first kappa shape index (κ1) is 28.1. The van der Waals surface area contributed by atoms with Gasteiger partial charge in [-0.05, 0) is 48.0 Å². The van der Waals surface area contributed by atoms with Gasteiger partial charge in [-0.1, -0.05) is 35.9 Å². The van der Waals surface area contributed by atoms with Gasteiger partial charge in [0.1, 0.15) is 6.61 Å². The fourth-order valence-electron chi connectivity index (χ4n) is 3.35. The molecule has 0 atom stereocenters. The molecule has 3 aromatic rings. The van der Waals surface area contributed by atoms with Gasteiger partial charge in [-0.3, -0.25) is 9.10 Å². The van der Waals surface area contributed by atoms with Gasteiger partial charge in [-0.25, -0.2) is 8.42 Å². The normalized spacial score (nSPS) is 11.6. The van der Waals surface area contributed by atoms with E-state index in [0.717, 1.165) is 22.7 Å². The Morgan fingerprint density at radius 1 is 1.03 bits per heavy atom. The Hall–Kier alpha value is -3.44. The molecule has 3 rings (SSSR count). The lowest BCUT2D eigenvalue weighted by molar-refractivity contribution is -0.137. The van der Waals surface area contributed by atoms with Gasteiger partial charge in [0, 0.05) is 5.56 Å². The van der Waals surface area contributed by atoms with Crippen molar-refractivity contribution in [3.8, 4) is 11.5 Å². The van der Waals surface area contributed by atoms with Gasteiger partial charge in [0.15, 0.2) is 11.5 Å². The molecular formula is C25H24ClF3N2O5S. The number of anilines is 1. The van der Waals surface area contributed by atoms with Crippen LogP contribution in [0.2, 0.25) is 5.02 Å². The van der Waals surface area contributed by atoms with Gasteiger partial charge in [0.25, 0.3) is 5.91 Å². The quantitative estimate of drug-likeness (QED) is 0.349. The van der Waals surface area contributed by atoms with Crippen molar-refractivity contribution < 1.29 is 35.9 Å². The van der Waals surface area contributed by atoms with Crippen LogP contribution in [0.1, 0.15) is 21.5 Å². The summed E-state index contributed by atoms with van der Waals surface area (Å²) in [6.07, 6.45) is -3.80. The number of amides is 1. The number of sulfonamides is 1. The zero-order valence-corrected chi connectivity index (χ0v) is 21.5. The highest BCUT2D eigenvalue weighted by atomic mass is 35.5. The fraction of sp³-hybridized carbons (Fsp3) is 0.240. The molecule has 0 saturated heterocycles. The van der Waals surface area contributed by atoms with Crippen molar-refractivity contribution in [3.05, 3.63) is 88.4 Å². The van der Waals surface area contributed by atoms with Crippen molar-refractivity contribution in [2.45, 2.75) is 12.7 Å². The number of hydrogen-bond acceptors (Lipinski definition) is 5. The summed E-state index contributed by atoms with van der Waals surface area (Å²) < 4.78 is 76.0. The third-order valence-electron chi connectivity index (χ3n) is 5.20. The molecule has 0 saturated carbocycles. The Morgan fingerprint density at radius 3 is 2.27 bits per heavy atom. The van der Waals surface area contributed by atoms with E-state index in [9.17, 15) is 26.4 Å². The second-order valence-electron chi connectivity index (χ2n) is 7.89. The lowest BCUT2D eigenvalue weighted by atomic mass is 10.1. The molecule has 0 radical (unpaired) electrons. The Balaban J connectivity index is 1.66. The first-order chi connectivity index (χ1) is 17.4. The minimum Gasteiger partial charge on any atom is -0.493 e. The Labute approximate surface area is 217 Å². The maximum absolute atomic E-state index is 13.2. The number of carbonyl (C=O) groups excluding carboxylic acids is 1. The van der Waals surface area contributed by atoms with Gasteiger partial charge in [-0.2, -0.15) is 13.2 Å². The number of nitrogens with one attached hydrogen (secondary N) is 1. The van der Waals surface area contributed by atoms with Gasteiger partial charge in [-0.15, -0.1) is 0 Å². The van der Waals surface area contributed by atoms with E-state index in [-0.39, 0.29) is 36.3 Å². The topological polar surface area (TPSA) is 84.9 Å². The first-order valence-corrected chi connectivity index (χ1v) is 13.1. The van der Waals surface area contributed by atoms with E-state index in [1.807, 2.05) is 0 Å². The average molecular weight is 557 g/mol. The number of rotatable bonds is 10. The number of para-hydroxylation sites is 2. The third kappa shape index (κ3) is 7.53. The zero-order chi connectivity index (χ0) is 27.2. The molecule has 0 spiro atoms. The summed E-state index contributed by atoms with van der Waals surface area (Å²) in [7, 11) is -2.47. The zero-order valence-electron chi connectivity index (χ0n) is 19.9. The second-order valence-corrected chi connectivity index (χ2v) is 10.2. The number of carbonyl (C=O) groups is 1. The molecule has 3 aromatic carbocycles. The van der Waals surface area contributed by atoms with Crippen molar-refractivity contribution in [2.75, 3.05) is 30.8 Å². The minimum atomic E-state index is -4.67. The van der Waals surface area contributed by atoms with Gasteiger partial charge in [0.05, 0.1) is 42.7 Å². The second kappa shape index (κ2) is 11.7. The number of ether oxygens (including phenoxy) is 2. The molecular weight excluding hydrogens is 533 g/mol. The molecule has 198 valence electrons. The van der Waals surface area contributed by atoms with Gasteiger partial charge < -0.3 is 14.8 Å². The maximum atomic E-state index is 13.2. The number of methoxy groups -OCH3 is 1. The minimum absolute atomic E-state index is 0.148. The molecule has 0 aliphatic carbocycles. The van der Waals surface area contributed by atoms with Gasteiger partial charge in [0.2, 0.25) is 10.0 Å². The summed E-state index contributed by atoms with van der Waals surface area (Å²) in [6.45, 7) is 0.133. The van der Waals surface area contributed by atoms with Crippen LogP contribution >= 0.6 is 11.6 Å². The molecule has 0 aliphatic rings. The van der Waals surface area contributed by atoms with E-state index in [1.165, 1.54) is 31.4 Å². The molecule has 1 N–H and O–H groups in total. The largest absolute Gasteiger partial charge is 0.493 e. The van der Waals surface area contributed by atoms with Gasteiger partial charge >= 0.3 is 6.18 Å². The molecule has 0 bridgehead atoms. The average Bonchev–Trinajstić information content (AvgIpc) is 2.84. The maximum Gasteiger partial charge on any atom is 0.416 e. The monoisotopic (exact) mass is 556 g/mol. The summed E-state index contributed by atoms with van der Waals surface area (Å²) >= 11 is 6.05. The highest BCUT2D eigenvalue weighted by molar-refractivity contribution is 7.92. The van der Waals surface area contributed by atoms with Crippen LogP contribution < -0.4 is 19.1 Å². The van der Waals surface area contributed by atoms with Crippen LogP contribution in [0.3, 0.4) is 0 Å². The van der Waals surface area contributed by atoms with Crippen LogP contribution in [0.4, 0.5) is 18.9 Å². The van der Waals surface area contributed by atoms with Crippen molar-refractivity contribution in [2.24, 2.45) is 0 Å². The van der Waals surface area contributed by atoms with E-state index in [1.54, 1.807) is 24.3 Å². The van der Waals surface area contributed by atoms with E-state index in [4.69, 9.17) is 21.1 Å². The Bertz CT molecular complexity index is 1350. The standard InChI is InChI=1S/C25H24ClF3N2O5S/c1-35-22-5-3-4-6-23(22)36-14-13-30-24(32)18-9-7-17(8-10-18)16-31(37(2,33)34)21-15-19(25(27,28)29)11-12-20(21)26/h3-12,15H,13-14,16H2,1-2H3,(H,30,32). The molecule has 0 heterocycles. The lowest BCUT2D eigenvalue weighted by Gasteiger charge is -2.24. The molecule has 0 unspecified atom stereocenters. The molecule has 1 amide bonds. The summed E-state index contributed by atoms with van der Waals surface area (Å²) in [4.78, 5) is 12.4. The number of benzene rings is 3. The summed E-state index contributed by atoms with van der Waals surface area (Å²) in [6, 6.07) is 15.6. The van der Waals surface area contributed by atoms with Crippen LogP contribution in [0.25, 0.3) is 0 Å². The Morgan fingerprint density at radius 2 is 1.68 bits per heavy atom. The summed E-state index contributed by atoms with van der Waals surface area (Å²) in [5, 5.41) is 2.56. The molecule has 0 aromatic heterocycles. The molecule has 7 nitrogen and oxygen atoms in total. The summed E-state index contributed by atoms with van der Waals surface area (Å²) in [5.41, 5.74) is -0.572. The van der Waals surface area contributed by atoms with Crippen LogP contribution in [0, 0.1) is 0 Å². The summed E-state index contributed by atoms with van der Waals surface area (Å²) in [5.74, 6) is 0.731. The van der Waals surface area contributed by atoms with E-state index in [0.29, 0.717) is 28.7 Å². The Kier molecular flexibility index (Phi) is 8.93. The first-order valence-electron chi connectivity index (χ1n) is 10.9. The number of nitrogens with zero attached hydrogens (tertiary/aromatic N) is 1. The molecule has 0 fully saturated rings. The molecule has 37 heavy (non-hydrogen) atoms. The van der Waals surface area contributed by atoms with Crippen LogP contribution in [-0.4, -0.2) is 40.8 Å². The van der Waals surface area contributed by atoms with Crippen molar-refractivity contribution in [3.63, 3.8) is 0 Å². The fourth-order valence-corrected chi connectivity index (χ4v) is 4.52. The lowest BCUT2D eigenvalue weighted by Crippen LogP contribution is -2.30. The number of alkyl halides is 3. The third-order valence-corrected chi connectivity index (χ3v) is 6.65. The highest BCUT2D eigenvalue weighted by Gasteiger charge is 2.32. The number of halogens is 4. The van der Waals surface area contributed by atoms with Crippen LogP contribution in [-0.2, 0) is 22.7 Å². The highest BCUT2D eigenvalue weighted by Crippen LogP contribution is 2.36. The van der Waals surface area contributed by atoms with Crippen molar-refractivity contribution in [1.29, 1.82) is 0 Å². The smallest absolute Gasteiger partial charge is 0.416 e. The number of hydrogen-bond donors (Lipinski definition) is 1. The van der Waals surface area contributed by atoms with E-state index >= 15 is 0 Å². The predicted molar refractivity (Wildman–Crippen MR) is 135 cm³/mol. The van der Waals surface area contributed by atoms with E-state index < -0.39 is 21.8 Å². The molecule has 12 heteroatoms. The van der Waals surface area contributed by atoms with E-state index in [2.05, 4.69) is 5.32 Å². The molecule has 0 aliphatic heterocycles. The predicted octanol–water partition coefficient (Wildman–Crippen LogP) is 5.14. The van der Waals surface area contributed by atoms with Crippen LogP contribution in [0.5, 0.6) is 11.5 Å². The van der Waals surface area contributed by atoms with Crippen molar-refractivity contribution >= 4 is 33.2 Å². The van der Waals surface area contributed by atoms with Crippen LogP contribution in [0.15, 0.2) is 66.7 Å².